The highest BCUT2D eigenvalue weighted by Crippen LogP contribution is 2.22. The van der Waals surface area contributed by atoms with Gasteiger partial charge < -0.3 is 36.5 Å². The van der Waals surface area contributed by atoms with Gasteiger partial charge in [0.1, 0.15) is 18.1 Å². The number of H-pyrrole nitrogens is 1. The third kappa shape index (κ3) is 7.09. The smallest absolute Gasteiger partial charge is 0.326 e. The van der Waals surface area contributed by atoms with Crippen LogP contribution in [0.4, 0.5) is 0 Å². The number of carboxylic acids is 2. The molecule has 0 bridgehead atoms. The van der Waals surface area contributed by atoms with Crippen molar-refractivity contribution in [1.29, 1.82) is 0 Å². The highest BCUT2D eigenvalue weighted by atomic mass is 16.4. The first-order valence-electron chi connectivity index (χ1n) is 12.6. The van der Waals surface area contributed by atoms with Gasteiger partial charge in [0.05, 0.1) is 12.5 Å². The molecule has 0 aliphatic carbocycles. The fraction of sp³-hybridized carbons (Fsp3) is 0.500. The number of amides is 3. The molecule has 3 amide bonds. The standard InChI is InChI=1S/C26H35N5O7/c1-14(2)10-19(29-23(34)17(27)12-22(32)33)25(36)31-9-5-8-21(31)24(35)30-20(26(37)38)11-15-13-28-18-7-4-3-6-16(15)18/h3-4,6-7,13-14,17,19-21,28H,5,8-12,27H2,1-2H3,(H,29,34)(H,30,35)(H,32,33)(H,37,38). The molecule has 2 aromatic rings. The number of fused-ring (bicyclic) bond motifs is 1. The third-order valence-electron chi connectivity index (χ3n) is 6.61. The molecule has 1 fully saturated rings. The Morgan fingerprint density at radius 2 is 1.82 bits per heavy atom. The number of aromatic nitrogens is 1. The maximum Gasteiger partial charge on any atom is 0.326 e. The molecular formula is C26H35N5O7. The number of benzene rings is 1. The van der Waals surface area contributed by atoms with Crippen molar-refractivity contribution >= 4 is 40.6 Å². The molecule has 2 heterocycles. The zero-order chi connectivity index (χ0) is 28.0. The maximum atomic E-state index is 13.5. The first-order chi connectivity index (χ1) is 18.0. The zero-order valence-corrected chi connectivity index (χ0v) is 21.5. The number of carboxylic acid groups (broad SMARTS) is 2. The van der Waals surface area contributed by atoms with Crippen LogP contribution in [0.3, 0.4) is 0 Å². The third-order valence-corrected chi connectivity index (χ3v) is 6.61. The van der Waals surface area contributed by atoms with E-state index in [1.165, 1.54) is 4.90 Å². The van der Waals surface area contributed by atoms with Gasteiger partial charge in [0.2, 0.25) is 17.7 Å². The monoisotopic (exact) mass is 529 g/mol. The van der Waals surface area contributed by atoms with Gasteiger partial charge >= 0.3 is 11.9 Å². The van der Waals surface area contributed by atoms with Crippen molar-refractivity contribution in [3.8, 4) is 0 Å². The Hall–Kier alpha value is -3.93. The molecule has 0 radical (unpaired) electrons. The van der Waals surface area contributed by atoms with Crippen molar-refractivity contribution in [2.45, 2.75) is 70.1 Å². The van der Waals surface area contributed by atoms with Crippen LogP contribution in [0.2, 0.25) is 0 Å². The number of carbonyl (C=O) groups excluding carboxylic acids is 3. The Morgan fingerprint density at radius 1 is 1.11 bits per heavy atom. The molecule has 1 aliphatic rings. The fourth-order valence-electron chi connectivity index (χ4n) is 4.74. The largest absolute Gasteiger partial charge is 0.481 e. The number of aliphatic carboxylic acids is 2. The number of hydrogen-bond donors (Lipinski definition) is 6. The van der Waals surface area contributed by atoms with Crippen LogP contribution in [0.15, 0.2) is 30.5 Å². The number of para-hydroxylation sites is 1. The SMILES string of the molecule is CC(C)CC(NC(=O)C(N)CC(=O)O)C(=O)N1CCCC1C(=O)NC(Cc1c[nH]c2ccccc12)C(=O)O. The number of nitrogens with one attached hydrogen (secondary N) is 3. The number of nitrogens with two attached hydrogens (primary N) is 1. The van der Waals surface area contributed by atoms with Crippen molar-refractivity contribution < 1.29 is 34.2 Å². The summed E-state index contributed by atoms with van der Waals surface area (Å²) >= 11 is 0. The van der Waals surface area contributed by atoms with Crippen LogP contribution in [-0.2, 0) is 30.4 Å². The van der Waals surface area contributed by atoms with E-state index >= 15 is 0 Å². The van der Waals surface area contributed by atoms with Crippen molar-refractivity contribution in [3.05, 3.63) is 36.0 Å². The Labute approximate surface area is 219 Å². The number of rotatable bonds is 12. The zero-order valence-electron chi connectivity index (χ0n) is 21.5. The van der Waals surface area contributed by atoms with E-state index in [0.717, 1.165) is 16.5 Å². The Balaban J connectivity index is 1.72. The Bertz CT molecular complexity index is 1190. The second-order valence-corrected chi connectivity index (χ2v) is 10.0. The summed E-state index contributed by atoms with van der Waals surface area (Å²) < 4.78 is 0. The first-order valence-corrected chi connectivity index (χ1v) is 12.6. The van der Waals surface area contributed by atoms with Gasteiger partial charge in [0.15, 0.2) is 0 Å². The van der Waals surface area contributed by atoms with Crippen LogP contribution in [0.5, 0.6) is 0 Å². The summed E-state index contributed by atoms with van der Waals surface area (Å²) in [4.78, 5) is 66.5. The molecule has 3 rings (SSSR count). The summed E-state index contributed by atoms with van der Waals surface area (Å²) in [5.41, 5.74) is 7.25. The van der Waals surface area contributed by atoms with Gasteiger partial charge in [0.25, 0.3) is 0 Å². The summed E-state index contributed by atoms with van der Waals surface area (Å²) in [5, 5.41) is 24.7. The van der Waals surface area contributed by atoms with Gasteiger partial charge in [-0.05, 0) is 36.8 Å². The number of aromatic amines is 1. The van der Waals surface area contributed by atoms with Gasteiger partial charge in [-0.2, -0.15) is 0 Å². The van der Waals surface area contributed by atoms with Crippen LogP contribution in [0, 0.1) is 5.92 Å². The van der Waals surface area contributed by atoms with E-state index in [1.54, 1.807) is 6.20 Å². The van der Waals surface area contributed by atoms with Crippen LogP contribution in [-0.4, -0.2) is 80.5 Å². The summed E-state index contributed by atoms with van der Waals surface area (Å²) in [6.45, 7) is 3.99. The molecular weight excluding hydrogens is 494 g/mol. The van der Waals surface area contributed by atoms with Crippen molar-refractivity contribution in [2.75, 3.05) is 6.54 Å². The van der Waals surface area contributed by atoms with Gasteiger partial charge in [-0.25, -0.2) is 4.79 Å². The second kappa shape index (κ2) is 12.5. The minimum absolute atomic E-state index is 0.00221. The summed E-state index contributed by atoms with van der Waals surface area (Å²) in [6.07, 6.45) is 2.32. The average Bonchev–Trinajstić information content (AvgIpc) is 3.49. The molecule has 38 heavy (non-hydrogen) atoms. The highest BCUT2D eigenvalue weighted by molar-refractivity contribution is 5.95. The van der Waals surface area contributed by atoms with Crippen LogP contribution in [0.25, 0.3) is 10.9 Å². The lowest BCUT2D eigenvalue weighted by Crippen LogP contribution is -2.57. The molecule has 4 unspecified atom stereocenters. The maximum absolute atomic E-state index is 13.5. The van der Waals surface area contributed by atoms with E-state index in [2.05, 4.69) is 15.6 Å². The number of hydrogen-bond acceptors (Lipinski definition) is 6. The first kappa shape index (κ1) is 28.6. The molecule has 12 heteroatoms. The number of carbonyl (C=O) groups is 5. The molecule has 4 atom stereocenters. The Kier molecular flexibility index (Phi) is 9.45. The summed E-state index contributed by atoms with van der Waals surface area (Å²) in [5.74, 6) is -4.28. The molecule has 1 aromatic heterocycles. The fourth-order valence-corrected chi connectivity index (χ4v) is 4.74. The highest BCUT2D eigenvalue weighted by Gasteiger charge is 2.39. The predicted octanol–water partition coefficient (Wildman–Crippen LogP) is 0.604. The lowest BCUT2D eigenvalue weighted by Gasteiger charge is -2.30. The van der Waals surface area contributed by atoms with E-state index in [-0.39, 0.29) is 25.3 Å². The quantitative estimate of drug-likeness (QED) is 0.230. The lowest BCUT2D eigenvalue weighted by atomic mass is 10.0. The van der Waals surface area contributed by atoms with Crippen molar-refractivity contribution in [3.63, 3.8) is 0 Å². The van der Waals surface area contributed by atoms with Crippen molar-refractivity contribution in [1.82, 2.24) is 20.5 Å². The van der Waals surface area contributed by atoms with Crippen LogP contribution >= 0.6 is 0 Å². The van der Waals surface area contributed by atoms with E-state index < -0.39 is 60.2 Å². The van der Waals surface area contributed by atoms with E-state index in [9.17, 15) is 29.1 Å². The molecule has 1 aromatic carbocycles. The molecule has 0 saturated carbocycles. The topological polar surface area (TPSA) is 195 Å². The predicted molar refractivity (Wildman–Crippen MR) is 138 cm³/mol. The normalized spacial score (nSPS) is 17.7. The van der Waals surface area contributed by atoms with Crippen LogP contribution < -0.4 is 16.4 Å². The molecule has 206 valence electrons. The minimum Gasteiger partial charge on any atom is -0.481 e. The minimum atomic E-state index is -1.33. The van der Waals surface area contributed by atoms with E-state index in [1.807, 2.05) is 38.1 Å². The molecule has 1 aliphatic heterocycles. The van der Waals surface area contributed by atoms with Crippen LogP contribution in [0.1, 0.15) is 45.1 Å². The summed E-state index contributed by atoms with van der Waals surface area (Å²) in [7, 11) is 0. The molecule has 7 N–H and O–H groups in total. The van der Waals surface area contributed by atoms with Gasteiger partial charge in [-0.15, -0.1) is 0 Å². The van der Waals surface area contributed by atoms with E-state index in [4.69, 9.17) is 10.8 Å². The number of nitrogens with zero attached hydrogens (tertiary/aromatic N) is 1. The van der Waals surface area contributed by atoms with Gasteiger partial charge in [-0.3, -0.25) is 19.2 Å². The molecule has 0 spiro atoms. The van der Waals surface area contributed by atoms with Gasteiger partial charge in [-0.1, -0.05) is 32.0 Å². The molecule has 1 saturated heterocycles. The number of likely N-dealkylation sites (tertiary alicyclic amines) is 1. The lowest BCUT2D eigenvalue weighted by molar-refractivity contribution is -0.145. The molecule has 12 nitrogen and oxygen atoms in total. The van der Waals surface area contributed by atoms with Gasteiger partial charge in [0, 0.05) is 30.1 Å². The van der Waals surface area contributed by atoms with E-state index in [0.29, 0.717) is 12.8 Å². The van der Waals surface area contributed by atoms with Crippen molar-refractivity contribution in [2.24, 2.45) is 11.7 Å². The Morgan fingerprint density at radius 3 is 2.47 bits per heavy atom. The second-order valence-electron chi connectivity index (χ2n) is 10.0. The average molecular weight is 530 g/mol. The summed E-state index contributed by atoms with van der Waals surface area (Å²) in [6, 6.07) is 3.01.